The molecule has 0 unspecified atom stereocenters. The molecule has 0 radical (unpaired) electrons. The number of carbonyl (C=O) groups excluding carboxylic acids is 1. The lowest BCUT2D eigenvalue weighted by Gasteiger charge is -2.12. The first-order valence-corrected chi connectivity index (χ1v) is 8.66. The second-order valence-corrected chi connectivity index (χ2v) is 6.11. The van der Waals surface area contributed by atoms with E-state index < -0.39 is 5.97 Å². The van der Waals surface area contributed by atoms with E-state index in [0.717, 1.165) is 5.56 Å². The van der Waals surface area contributed by atoms with Crippen LogP contribution in [0.25, 0.3) is 0 Å². The molecular weight excluding hydrogens is 366 g/mol. The van der Waals surface area contributed by atoms with E-state index in [1.807, 2.05) is 18.2 Å². The van der Waals surface area contributed by atoms with Crippen molar-refractivity contribution in [2.24, 2.45) is 0 Å². The molecular formula is C21H18ClNO4. The van der Waals surface area contributed by atoms with Gasteiger partial charge in [-0.3, -0.25) is 4.98 Å². The van der Waals surface area contributed by atoms with Gasteiger partial charge in [0.25, 0.3) is 0 Å². The SMILES string of the molecule is COc1cc(C(=O)OCc2ccccn2)ccc1OCc1ccc(Cl)cc1. The van der Waals surface area contributed by atoms with Crippen LogP contribution >= 0.6 is 11.6 Å². The number of aromatic nitrogens is 1. The van der Waals surface area contributed by atoms with Gasteiger partial charge in [-0.2, -0.15) is 0 Å². The van der Waals surface area contributed by atoms with Crippen molar-refractivity contribution in [2.75, 3.05) is 7.11 Å². The van der Waals surface area contributed by atoms with Gasteiger partial charge in [0, 0.05) is 11.2 Å². The van der Waals surface area contributed by atoms with Crippen LogP contribution in [0.2, 0.25) is 5.02 Å². The van der Waals surface area contributed by atoms with Crippen molar-refractivity contribution in [1.82, 2.24) is 4.98 Å². The number of rotatable bonds is 7. The van der Waals surface area contributed by atoms with E-state index in [4.69, 9.17) is 25.8 Å². The lowest BCUT2D eigenvalue weighted by molar-refractivity contribution is 0.0467. The monoisotopic (exact) mass is 383 g/mol. The average molecular weight is 384 g/mol. The smallest absolute Gasteiger partial charge is 0.338 e. The summed E-state index contributed by atoms with van der Waals surface area (Å²) in [5, 5.41) is 0.671. The number of hydrogen-bond acceptors (Lipinski definition) is 5. The van der Waals surface area contributed by atoms with Crippen LogP contribution in [0.5, 0.6) is 11.5 Å². The first-order chi connectivity index (χ1) is 13.2. The summed E-state index contributed by atoms with van der Waals surface area (Å²) in [5.41, 5.74) is 2.03. The van der Waals surface area contributed by atoms with Crippen LogP contribution in [0, 0.1) is 0 Å². The van der Waals surface area contributed by atoms with Crippen LogP contribution in [0.15, 0.2) is 66.9 Å². The highest BCUT2D eigenvalue weighted by Crippen LogP contribution is 2.29. The summed E-state index contributed by atoms with van der Waals surface area (Å²) in [7, 11) is 1.52. The van der Waals surface area contributed by atoms with Crippen LogP contribution in [0.3, 0.4) is 0 Å². The normalized spacial score (nSPS) is 10.3. The first-order valence-electron chi connectivity index (χ1n) is 8.28. The van der Waals surface area contributed by atoms with Crippen LogP contribution in [-0.2, 0) is 18.0 Å². The Morgan fingerprint density at radius 1 is 1.00 bits per heavy atom. The Hall–Kier alpha value is -3.05. The summed E-state index contributed by atoms with van der Waals surface area (Å²) in [5.74, 6) is 0.535. The molecule has 0 atom stereocenters. The minimum atomic E-state index is -0.455. The van der Waals surface area contributed by atoms with E-state index in [1.54, 1.807) is 48.7 Å². The lowest BCUT2D eigenvalue weighted by atomic mass is 10.2. The molecule has 27 heavy (non-hydrogen) atoms. The average Bonchev–Trinajstić information content (AvgIpc) is 2.72. The minimum absolute atomic E-state index is 0.108. The molecule has 1 heterocycles. The highest BCUT2D eigenvalue weighted by Gasteiger charge is 2.13. The maximum atomic E-state index is 12.2. The van der Waals surface area contributed by atoms with Crippen molar-refractivity contribution < 1.29 is 19.0 Å². The van der Waals surface area contributed by atoms with Crippen LogP contribution in [-0.4, -0.2) is 18.1 Å². The van der Waals surface area contributed by atoms with Crippen molar-refractivity contribution >= 4 is 17.6 Å². The Labute approximate surface area is 162 Å². The third-order valence-electron chi connectivity index (χ3n) is 3.78. The molecule has 0 spiro atoms. The summed E-state index contributed by atoms with van der Waals surface area (Å²) < 4.78 is 16.4. The molecule has 3 aromatic rings. The van der Waals surface area contributed by atoms with Crippen LogP contribution in [0.4, 0.5) is 0 Å². The maximum absolute atomic E-state index is 12.2. The zero-order chi connectivity index (χ0) is 19.1. The number of ether oxygens (including phenoxy) is 3. The quantitative estimate of drug-likeness (QED) is 0.554. The van der Waals surface area contributed by atoms with Gasteiger partial charge in [0.1, 0.15) is 13.2 Å². The van der Waals surface area contributed by atoms with Gasteiger partial charge in [-0.15, -0.1) is 0 Å². The molecule has 0 fully saturated rings. The maximum Gasteiger partial charge on any atom is 0.338 e. The standard InChI is InChI=1S/C21H18ClNO4/c1-25-20-12-16(21(24)27-14-18-4-2-3-11-23-18)7-10-19(20)26-13-15-5-8-17(22)9-6-15/h2-12H,13-14H2,1H3. The predicted molar refractivity (Wildman–Crippen MR) is 102 cm³/mol. The van der Waals surface area contributed by atoms with Crippen LogP contribution < -0.4 is 9.47 Å². The molecule has 0 aliphatic rings. The van der Waals surface area contributed by atoms with Crippen LogP contribution in [0.1, 0.15) is 21.6 Å². The molecule has 6 heteroatoms. The van der Waals surface area contributed by atoms with E-state index in [2.05, 4.69) is 4.98 Å². The van der Waals surface area contributed by atoms with Gasteiger partial charge in [-0.25, -0.2) is 4.79 Å². The molecule has 0 saturated carbocycles. The number of esters is 1. The molecule has 5 nitrogen and oxygen atoms in total. The molecule has 3 rings (SSSR count). The molecule has 138 valence electrons. The number of methoxy groups -OCH3 is 1. The first kappa shape index (κ1) is 18.7. The fourth-order valence-corrected chi connectivity index (χ4v) is 2.49. The van der Waals surface area contributed by atoms with E-state index in [-0.39, 0.29) is 6.61 Å². The van der Waals surface area contributed by atoms with Gasteiger partial charge in [-0.05, 0) is 48.0 Å². The van der Waals surface area contributed by atoms with E-state index >= 15 is 0 Å². The fraction of sp³-hybridized carbons (Fsp3) is 0.143. The Morgan fingerprint density at radius 3 is 2.52 bits per heavy atom. The van der Waals surface area contributed by atoms with Gasteiger partial charge in [-0.1, -0.05) is 29.8 Å². The highest BCUT2D eigenvalue weighted by molar-refractivity contribution is 6.30. The lowest BCUT2D eigenvalue weighted by Crippen LogP contribution is -2.07. The number of pyridine rings is 1. The molecule has 0 aliphatic heterocycles. The van der Waals surface area contributed by atoms with Crippen molar-refractivity contribution in [1.29, 1.82) is 0 Å². The number of hydrogen-bond donors (Lipinski definition) is 0. The predicted octanol–water partition coefficient (Wildman–Crippen LogP) is 4.68. The minimum Gasteiger partial charge on any atom is -0.493 e. The number of nitrogens with zero attached hydrogens (tertiary/aromatic N) is 1. The summed E-state index contributed by atoms with van der Waals surface area (Å²) in [4.78, 5) is 16.4. The highest BCUT2D eigenvalue weighted by atomic mass is 35.5. The van der Waals surface area contributed by atoms with Gasteiger partial charge in [0.2, 0.25) is 0 Å². The summed E-state index contributed by atoms with van der Waals surface area (Å²) in [6, 6.07) is 17.7. The van der Waals surface area contributed by atoms with Gasteiger partial charge >= 0.3 is 5.97 Å². The van der Waals surface area contributed by atoms with Crippen molar-refractivity contribution in [3.8, 4) is 11.5 Å². The second kappa shape index (κ2) is 9.05. The Balaban J connectivity index is 1.64. The molecule has 0 bridgehead atoms. The van der Waals surface area contributed by atoms with Crippen molar-refractivity contribution in [3.05, 3.63) is 88.7 Å². The molecule has 2 aromatic carbocycles. The molecule has 0 saturated heterocycles. The number of carbonyl (C=O) groups is 1. The summed E-state index contributed by atoms with van der Waals surface area (Å²) in [6.45, 7) is 0.466. The summed E-state index contributed by atoms with van der Waals surface area (Å²) in [6.07, 6.45) is 1.65. The molecule has 0 amide bonds. The largest absolute Gasteiger partial charge is 0.493 e. The molecule has 0 N–H and O–H groups in total. The number of benzene rings is 2. The Bertz CT molecular complexity index is 898. The van der Waals surface area contributed by atoms with Gasteiger partial charge in [0.05, 0.1) is 18.4 Å². The molecule has 0 aliphatic carbocycles. The topological polar surface area (TPSA) is 57.7 Å². The zero-order valence-corrected chi connectivity index (χ0v) is 15.5. The van der Waals surface area contributed by atoms with Crippen molar-refractivity contribution in [3.63, 3.8) is 0 Å². The second-order valence-electron chi connectivity index (χ2n) is 5.68. The zero-order valence-electron chi connectivity index (χ0n) is 14.7. The van der Waals surface area contributed by atoms with E-state index in [0.29, 0.717) is 34.4 Å². The number of halogens is 1. The fourth-order valence-electron chi connectivity index (χ4n) is 2.36. The third kappa shape index (κ3) is 5.21. The van der Waals surface area contributed by atoms with Crippen molar-refractivity contribution in [2.45, 2.75) is 13.2 Å². The Morgan fingerprint density at radius 2 is 1.81 bits per heavy atom. The van der Waals surface area contributed by atoms with E-state index in [1.165, 1.54) is 7.11 Å². The van der Waals surface area contributed by atoms with Gasteiger partial charge in [0.15, 0.2) is 11.5 Å². The third-order valence-corrected chi connectivity index (χ3v) is 4.04. The summed E-state index contributed by atoms with van der Waals surface area (Å²) >= 11 is 5.88. The van der Waals surface area contributed by atoms with Gasteiger partial charge < -0.3 is 14.2 Å². The van der Waals surface area contributed by atoms with E-state index in [9.17, 15) is 4.79 Å². The molecule has 1 aromatic heterocycles. The Kier molecular flexibility index (Phi) is 6.28.